The molecule has 2 aliphatic rings. The van der Waals surface area contributed by atoms with E-state index < -0.39 is 0 Å². The average Bonchev–Trinajstić information content (AvgIpc) is 3.19. The van der Waals surface area contributed by atoms with Gasteiger partial charge in [0.15, 0.2) is 0 Å². The Kier molecular flexibility index (Phi) is 3.78. The summed E-state index contributed by atoms with van der Waals surface area (Å²) in [5.41, 5.74) is 0.788. The van der Waals surface area contributed by atoms with Crippen molar-refractivity contribution in [3.8, 4) is 0 Å². The van der Waals surface area contributed by atoms with E-state index in [1.165, 1.54) is 18.9 Å². The quantitative estimate of drug-likeness (QED) is 0.919. The molecule has 1 aliphatic heterocycles. The Hall–Kier alpha value is -0.640. The van der Waals surface area contributed by atoms with Gasteiger partial charge in [0.1, 0.15) is 5.82 Å². The van der Waals surface area contributed by atoms with Gasteiger partial charge in [0, 0.05) is 41.8 Å². The standard InChI is InChI=1S/C16H22ClFN2/c1-16(2)10-19-15(11-3-4-11)9-20(16)8-12-5-6-13(17)7-14(12)18/h5-7,11,15,19H,3-4,8-10H2,1-2H3. The van der Waals surface area contributed by atoms with Crippen molar-refractivity contribution < 1.29 is 4.39 Å². The SMILES string of the molecule is CC1(C)CNC(C2CC2)CN1Cc1ccc(Cl)cc1F. The first-order chi connectivity index (χ1) is 9.45. The molecular formula is C16H22ClFN2. The molecule has 2 fully saturated rings. The highest BCUT2D eigenvalue weighted by Gasteiger charge is 2.40. The van der Waals surface area contributed by atoms with Gasteiger partial charge in [-0.2, -0.15) is 0 Å². The van der Waals surface area contributed by atoms with Gasteiger partial charge in [-0.1, -0.05) is 17.7 Å². The molecule has 0 aromatic heterocycles. The molecule has 0 bridgehead atoms. The van der Waals surface area contributed by atoms with Crippen molar-refractivity contribution in [1.29, 1.82) is 0 Å². The molecule has 1 heterocycles. The van der Waals surface area contributed by atoms with Crippen LogP contribution in [0.2, 0.25) is 5.02 Å². The summed E-state index contributed by atoms with van der Waals surface area (Å²) in [6, 6.07) is 5.55. The molecule has 1 N–H and O–H groups in total. The second-order valence-electron chi connectivity index (χ2n) is 6.75. The first-order valence-electron chi connectivity index (χ1n) is 7.38. The van der Waals surface area contributed by atoms with Gasteiger partial charge in [0.2, 0.25) is 0 Å². The van der Waals surface area contributed by atoms with Gasteiger partial charge in [-0.3, -0.25) is 4.90 Å². The highest BCUT2D eigenvalue weighted by atomic mass is 35.5. The van der Waals surface area contributed by atoms with Crippen molar-refractivity contribution in [2.24, 2.45) is 5.92 Å². The predicted molar refractivity (Wildman–Crippen MR) is 80.4 cm³/mol. The molecule has 3 rings (SSSR count). The third-order valence-corrected chi connectivity index (χ3v) is 4.87. The zero-order chi connectivity index (χ0) is 14.3. The molecule has 1 saturated heterocycles. The summed E-state index contributed by atoms with van der Waals surface area (Å²) in [5, 5.41) is 4.11. The minimum absolute atomic E-state index is 0.0530. The van der Waals surface area contributed by atoms with E-state index in [1.807, 2.05) is 6.07 Å². The number of nitrogens with one attached hydrogen (secondary N) is 1. The van der Waals surface area contributed by atoms with Crippen LogP contribution in [0.1, 0.15) is 32.3 Å². The Morgan fingerprint density at radius 1 is 1.40 bits per heavy atom. The summed E-state index contributed by atoms with van der Waals surface area (Å²) < 4.78 is 14.0. The van der Waals surface area contributed by atoms with Crippen molar-refractivity contribution in [3.63, 3.8) is 0 Å². The zero-order valence-corrected chi connectivity index (χ0v) is 12.9. The fourth-order valence-electron chi connectivity index (χ4n) is 2.99. The number of hydrogen-bond donors (Lipinski definition) is 1. The van der Waals surface area contributed by atoms with Gasteiger partial charge in [0.25, 0.3) is 0 Å². The Morgan fingerprint density at radius 3 is 2.80 bits per heavy atom. The summed E-state index contributed by atoms with van der Waals surface area (Å²) in [4.78, 5) is 2.40. The van der Waals surface area contributed by atoms with E-state index in [9.17, 15) is 4.39 Å². The maximum Gasteiger partial charge on any atom is 0.129 e. The van der Waals surface area contributed by atoms with Crippen molar-refractivity contribution in [3.05, 3.63) is 34.6 Å². The van der Waals surface area contributed by atoms with Crippen LogP contribution >= 0.6 is 11.6 Å². The largest absolute Gasteiger partial charge is 0.311 e. The van der Waals surface area contributed by atoms with E-state index in [0.717, 1.165) is 24.6 Å². The van der Waals surface area contributed by atoms with Gasteiger partial charge in [-0.05, 0) is 44.7 Å². The van der Waals surface area contributed by atoms with Gasteiger partial charge >= 0.3 is 0 Å². The lowest BCUT2D eigenvalue weighted by Gasteiger charge is -2.46. The molecule has 2 nitrogen and oxygen atoms in total. The lowest BCUT2D eigenvalue weighted by Crippen LogP contribution is -2.62. The maximum atomic E-state index is 14.0. The third kappa shape index (κ3) is 3.00. The van der Waals surface area contributed by atoms with Crippen LogP contribution in [-0.2, 0) is 6.54 Å². The van der Waals surface area contributed by atoms with Crippen molar-refractivity contribution in [2.45, 2.75) is 44.8 Å². The summed E-state index contributed by atoms with van der Waals surface area (Å²) >= 11 is 5.83. The molecule has 4 heteroatoms. The number of hydrogen-bond acceptors (Lipinski definition) is 2. The number of halogens is 2. The van der Waals surface area contributed by atoms with E-state index in [1.54, 1.807) is 6.07 Å². The molecule has 0 radical (unpaired) electrons. The summed E-state index contributed by atoms with van der Waals surface area (Å²) in [6.45, 7) is 7.05. The van der Waals surface area contributed by atoms with Crippen LogP contribution in [0.3, 0.4) is 0 Å². The molecule has 1 unspecified atom stereocenters. The van der Waals surface area contributed by atoms with Crippen LogP contribution in [0, 0.1) is 11.7 Å². The van der Waals surface area contributed by atoms with Crippen molar-refractivity contribution >= 4 is 11.6 Å². The molecule has 1 aromatic rings. The van der Waals surface area contributed by atoms with Gasteiger partial charge in [-0.25, -0.2) is 4.39 Å². The molecular weight excluding hydrogens is 275 g/mol. The van der Waals surface area contributed by atoms with Gasteiger partial charge in [-0.15, -0.1) is 0 Å². The normalized spacial score (nSPS) is 26.7. The van der Waals surface area contributed by atoms with Gasteiger partial charge < -0.3 is 5.32 Å². The number of rotatable bonds is 3. The Bertz CT molecular complexity index is 499. The molecule has 0 amide bonds. The zero-order valence-electron chi connectivity index (χ0n) is 12.1. The van der Waals surface area contributed by atoms with E-state index in [2.05, 4.69) is 24.1 Å². The fourth-order valence-corrected chi connectivity index (χ4v) is 3.15. The van der Waals surface area contributed by atoms with Crippen LogP contribution < -0.4 is 5.32 Å². The van der Waals surface area contributed by atoms with E-state index in [-0.39, 0.29) is 11.4 Å². The Labute approximate surface area is 125 Å². The van der Waals surface area contributed by atoms with Crippen molar-refractivity contribution in [2.75, 3.05) is 13.1 Å². The minimum Gasteiger partial charge on any atom is -0.311 e. The predicted octanol–water partition coefficient (Wildman–Crippen LogP) is 3.44. The summed E-state index contributed by atoms with van der Waals surface area (Å²) in [7, 11) is 0. The number of benzene rings is 1. The van der Waals surface area contributed by atoms with Crippen LogP contribution in [0.5, 0.6) is 0 Å². The summed E-state index contributed by atoms with van der Waals surface area (Å²) in [6.07, 6.45) is 2.67. The van der Waals surface area contributed by atoms with E-state index in [4.69, 9.17) is 11.6 Å². The van der Waals surface area contributed by atoms with Crippen LogP contribution in [0.4, 0.5) is 4.39 Å². The van der Waals surface area contributed by atoms with Gasteiger partial charge in [0.05, 0.1) is 0 Å². The molecule has 0 spiro atoms. The number of piperazine rings is 1. The highest BCUT2D eigenvalue weighted by Crippen LogP contribution is 2.36. The number of nitrogens with zero attached hydrogens (tertiary/aromatic N) is 1. The summed E-state index contributed by atoms with van der Waals surface area (Å²) in [5.74, 6) is 0.624. The maximum absolute atomic E-state index is 14.0. The lowest BCUT2D eigenvalue weighted by molar-refractivity contribution is 0.0524. The van der Waals surface area contributed by atoms with Crippen molar-refractivity contribution in [1.82, 2.24) is 10.2 Å². The minimum atomic E-state index is -0.199. The smallest absolute Gasteiger partial charge is 0.129 e. The third-order valence-electron chi connectivity index (χ3n) is 4.64. The second kappa shape index (κ2) is 5.28. The monoisotopic (exact) mass is 296 g/mol. The first kappa shape index (κ1) is 14.3. The van der Waals surface area contributed by atoms with Crippen LogP contribution in [0.25, 0.3) is 0 Å². The molecule has 1 aromatic carbocycles. The van der Waals surface area contributed by atoms with E-state index >= 15 is 0 Å². The Balaban J connectivity index is 1.75. The highest BCUT2D eigenvalue weighted by molar-refractivity contribution is 6.30. The topological polar surface area (TPSA) is 15.3 Å². The first-order valence-corrected chi connectivity index (χ1v) is 7.76. The van der Waals surface area contributed by atoms with Crippen LogP contribution in [0.15, 0.2) is 18.2 Å². The molecule has 110 valence electrons. The lowest BCUT2D eigenvalue weighted by atomic mass is 9.95. The molecule has 1 aliphatic carbocycles. The molecule has 1 saturated carbocycles. The second-order valence-corrected chi connectivity index (χ2v) is 7.19. The average molecular weight is 297 g/mol. The Morgan fingerprint density at radius 2 is 2.15 bits per heavy atom. The van der Waals surface area contributed by atoms with E-state index in [0.29, 0.717) is 17.6 Å². The fraction of sp³-hybridized carbons (Fsp3) is 0.625. The molecule has 20 heavy (non-hydrogen) atoms. The van der Waals surface area contributed by atoms with Crippen LogP contribution in [-0.4, -0.2) is 29.6 Å². The molecule has 1 atom stereocenters.